The van der Waals surface area contributed by atoms with Crippen LogP contribution in [0.2, 0.25) is 0 Å². The van der Waals surface area contributed by atoms with Gasteiger partial charge in [-0.05, 0) is 36.6 Å². The molecule has 2 rings (SSSR count). The van der Waals surface area contributed by atoms with Gasteiger partial charge < -0.3 is 4.90 Å². The molecule has 0 radical (unpaired) electrons. The summed E-state index contributed by atoms with van der Waals surface area (Å²) in [4.78, 5) is 12.7. The zero-order valence-corrected chi connectivity index (χ0v) is 12.5. The number of nitrogens with zero attached hydrogens (tertiary/aromatic N) is 1. The molecule has 122 valence electrons. The highest BCUT2D eigenvalue weighted by molar-refractivity contribution is 7.86. The smallest absolute Gasteiger partial charge is 0.312 e. The van der Waals surface area contributed by atoms with Gasteiger partial charge in [0.05, 0.1) is 4.90 Å². The van der Waals surface area contributed by atoms with E-state index in [4.69, 9.17) is 0 Å². The summed E-state index contributed by atoms with van der Waals surface area (Å²) in [5.41, 5.74) is 1.17. The highest BCUT2D eigenvalue weighted by Crippen LogP contribution is 2.30. The van der Waals surface area contributed by atoms with E-state index in [0.29, 0.717) is 30.6 Å². The monoisotopic (exact) mass is 337 g/mol. The van der Waals surface area contributed by atoms with Crippen molar-refractivity contribution in [2.45, 2.75) is 30.8 Å². The summed E-state index contributed by atoms with van der Waals surface area (Å²) >= 11 is 0. The van der Waals surface area contributed by atoms with Crippen LogP contribution in [0.1, 0.15) is 18.9 Å². The summed E-state index contributed by atoms with van der Waals surface area (Å²) in [6, 6.07) is 3.82. The molecule has 0 spiro atoms. The third kappa shape index (κ3) is 3.77. The Hall–Kier alpha value is -1.61. The second-order valence-corrected chi connectivity index (χ2v) is 6.51. The maximum absolute atomic E-state index is 12.1. The molecule has 1 heterocycles. The van der Waals surface area contributed by atoms with Gasteiger partial charge in [-0.2, -0.15) is 21.6 Å². The Bertz CT molecular complexity index is 685. The van der Waals surface area contributed by atoms with Gasteiger partial charge in [-0.15, -0.1) is 0 Å². The van der Waals surface area contributed by atoms with Gasteiger partial charge >= 0.3 is 6.18 Å². The topological polar surface area (TPSA) is 63.7 Å². The molecule has 0 N–H and O–H groups in total. The molecule has 1 amide bonds. The lowest BCUT2D eigenvalue weighted by Gasteiger charge is -2.28. The van der Waals surface area contributed by atoms with E-state index in [1.807, 2.05) is 0 Å². The van der Waals surface area contributed by atoms with Gasteiger partial charge in [0.1, 0.15) is 0 Å². The second-order valence-electron chi connectivity index (χ2n) is 4.90. The maximum atomic E-state index is 12.1. The fraction of sp³-hybridized carbons (Fsp3) is 0.462. The van der Waals surface area contributed by atoms with E-state index in [9.17, 15) is 26.4 Å². The number of carbonyl (C=O) groups excluding carboxylic acids is 1. The molecule has 9 heteroatoms. The van der Waals surface area contributed by atoms with Crippen LogP contribution in [0.5, 0.6) is 0 Å². The molecule has 0 aromatic heterocycles. The van der Waals surface area contributed by atoms with Crippen molar-refractivity contribution in [2.75, 3.05) is 18.1 Å². The van der Waals surface area contributed by atoms with Crippen molar-refractivity contribution in [1.82, 2.24) is 0 Å². The van der Waals surface area contributed by atoms with Crippen LogP contribution in [-0.4, -0.2) is 33.7 Å². The van der Waals surface area contributed by atoms with Gasteiger partial charge in [-0.3, -0.25) is 8.98 Å². The first-order valence-electron chi connectivity index (χ1n) is 6.47. The lowest BCUT2D eigenvalue weighted by Crippen LogP contribution is -2.33. The van der Waals surface area contributed by atoms with Crippen LogP contribution < -0.4 is 4.90 Å². The standard InChI is InChI=1S/C13H14F3NO4S/c1-9(18)17-6-2-3-10-7-11(4-5-12(10)17)22(19,20)21-8-13(14,15)16/h4-5,7H,2-3,6,8H2,1H3. The van der Waals surface area contributed by atoms with Crippen molar-refractivity contribution in [3.8, 4) is 0 Å². The molecule has 0 unspecified atom stereocenters. The van der Waals surface area contributed by atoms with Gasteiger partial charge in [0.25, 0.3) is 10.1 Å². The number of benzene rings is 1. The SMILES string of the molecule is CC(=O)N1CCCc2cc(S(=O)(=O)OCC(F)(F)F)ccc21. The van der Waals surface area contributed by atoms with Crippen molar-refractivity contribution in [2.24, 2.45) is 0 Å². The van der Waals surface area contributed by atoms with E-state index in [2.05, 4.69) is 4.18 Å². The van der Waals surface area contributed by atoms with E-state index >= 15 is 0 Å². The molecule has 5 nitrogen and oxygen atoms in total. The first kappa shape index (κ1) is 16.8. The summed E-state index contributed by atoms with van der Waals surface area (Å²) in [5, 5.41) is 0. The van der Waals surface area contributed by atoms with Crippen molar-refractivity contribution in [1.29, 1.82) is 0 Å². The van der Waals surface area contributed by atoms with E-state index in [0.717, 1.165) is 6.07 Å². The Kier molecular flexibility index (Phi) is 4.48. The van der Waals surface area contributed by atoms with Crippen LogP contribution in [0.4, 0.5) is 18.9 Å². The Balaban J connectivity index is 2.29. The maximum Gasteiger partial charge on any atom is 0.413 e. The highest BCUT2D eigenvalue weighted by atomic mass is 32.2. The number of rotatable bonds is 3. The van der Waals surface area contributed by atoms with E-state index < -0.39 is 22.9 Å². The van der Waals surface area contributed by atoms with Crippen molar-refractivity contribution < 1.29 is 30.6 Å². The van der Waals surface area contributed by atoms with Crippen LogP contribution in [0.25, 0.3) is 0 Å². The zero-order chi connectivity index (χ0) is 16.5. The van der Waals surface area contributed by atoms with Gasteiger partial charge in [-0.25, -0.2) is 0 Å². The average Bonchev–Trinajstić information content (AvgIpc) is 2.43. The molecule has 0 aliphatic carbocycles. The normalized spacial score (nSPS) is 15.5. The molecule has 0 saturated carbocycles. The first-order chi connectivity index (χ1) is 10.1. The molecular formula is C13H14F3NO4S. The number of aryl methyl sites for hydroxylation is 1. The Morgan fingerprint density at radius 2 is 2.05 bits per heavy atom. The van der Waals surface area contributed by atoms with Crippen LogP contribution in [-0.2, 0) is 25.5 Å². The predicted octanol–water partition coefficient (Wildman–Crippen LogP) is 2.25. The lowest BCUT2D eigenvalue weighted by molar-refractivity contribution is -0.152. The molecule has 1 aliphatic heterocycles. The third-order valence-electron chi connectivity index (χ3n) is 3.22. The number of alkyl halides is 3. The van der Waals surface area contributed by atoms with Gasteiger partial charge in [0.2, 0.25) is 5.91 Å². The summed E-state index contributed by atoms with van der Waals surface area (Å²) in [6.45, 7) is 0.0528. The van der Waals surface area contributed by atoms with Crippen LogP contribution in [0.3, 0.4) is 0 Å². The van der Waals surface area contributed by atoms with Crippen molar-refractivity contribution in [3.63, 3.8) is 0 Å². The van der Waals surface area contributed by atoms with E-state index in [-0.39, 0.29) is 10.8 Å². The minimum atomic E-state index is -4.73. The van der Waals surface area contributed by atoms with Gasteiger partial charge in [0, 0.05) is 19.2 Å². The third-order valence-corrected chi connectivity index (χ3v) is 4.48. The van der Waals surface area contributed by atoms with Gasteiger partial charge in [-0.1, -0.05) is 0 Å². The van der Waals surface area contributed by atoms with Gasteiger partial charge in [0.15, 0.2) is 6.61 Å². The summed E-state index contributed by atoms with van der Waals surface area (Å²) in [7, 11) is -4.49. The summed E-state index contributed by atoms with van der Waals surface area (Å²) in [6.07, 6.45) is -3.53. The fourth-order valence-corrected chi connectivity index (χ4v) is 3.21. The number of anilines is 1. The molecule has 1 aromatic rings. The molecule has 0 atom stereocenters. The number of halogens is 3. The lowest BCUT2D eigenvalue weighted by atomic mass is 10.0. The Morgan fingerprint density at radius 1 is 1.36 bits per heavy atom. The molecule has 0 bridgehead atoms. The first-order valence-corrected chi connectivity index (χ1v) is 7.88. The number of hydrogen-bond donors (Lipinski definition) is 0. The summed E-state index contributed by atoms with van der Waals surface area (Å²) < 4.78 is 63.8. The number of hydrogen-bond acceptors (Lipinski definition) is 4. The summed E-state index contributed by atoms with van der Waals surface area (Å²) in [5.74, 6) is -0.176. The zero-order valence-electron chi connectivity index (χ0n) is 11.7. The number of amides is 1. The molecule has 1 aliphatic rings. The van der Waals surface area contributed by atoms with Crippen LogP contribution in [0, 0.1) is 0 Å². The van der Waals surface area contributed by atoms with Crippen LogP contribution >= 0.6 is 0 Å². The largest absolute Gasteiger partial charge is 0.413 e. The highest BCUT2D eigenvalue weighted by Gasteiger charge is 2.32. The quantitative estimate of drug-likeness (QED) is 0.794. The average molecular weight is 337 g/mol. The van der Waals surface area contributed by atoms with Crippen molar-refractivity contribution >= 4 is 21.7 Å². The van der Waals surface area contributed by atoms with Crippen LogP contribution in [0.15, 0.2) is 23.1 Å². The number of carbonyl (C=O) groups is 1. The fourth-order valence-electron chi connectivity index (χ4n) is 2.27. The Morgan fingerprint density at radius 3 is 2.64 bits per heavy atom. The molecule has 0 saturated heterocycles. The molecular weight excluding hydrogens is 323 g/mol. The van der Waals surface area contributed by atoms with Crippen molar-refractivity contribution in [3.05, 3.63) is 23.8 Å². The number of fused-ring (bicyclic) bond motifs is 1. The molecule has 1 aromatic carbocycles. The minimum Gasteiger partial charge on any atom is -0.312 e. The Labute approximate surface area is 125 Å². The molecule has 22 heavy (non-hydrogen) atoms. The predicted molar refractivity (Wildman–Crippen MR) is 72.0 cm³/mol. The van der Waals surface area contributed by atoms with E-state index in [1.54, 1.807) is 0 Å². The second kappa shape index (κ2) is 5.88. The minimum absolute atomic E-state index is 0.176. The van der Waals surface area contributed by atoms with E-state index in [1.165, 1.54) is 24.0 Å². The molecule has 0 fully saturated rings.